The molecule has 1 heterocycles. The van der Waals surface area contributed by atoms with Crippen LogP contribution in [0.25, 0.3) is 0 Å². The van der Waals surface area contributed by atoms with Gasteiger partial charge in [-0.3, -0.25) is 9.78 Å². The first-order valence-corrected chi connectivity index (χ1v) is 6.44. The Labute approximate surface area is 115 Å². The Balaban J connectivity index is 1.91. The Bertz CT molecular complexity index is 651. The Morgan fingerprint density at radius 1 is 1.70 bits per heavy atom. The summed E-state index contributed by atoms with van der Waals surface area (Å²) in [5.41, 5.74) is -2.85. The highest BCUT2D eigenvalue weighted by Crippen LogP contribution is 2.76. The van der Waals surface area contributed by atoms with Crippen molar-refractivity contribution in [1.29, 1.82) is 0 Å². The van der Waals surface area contributed by atoms with Crippen LogP contribution in [0, 0.1) is 23.2 Å². The number of aromatic nitrogens is 2. The van der Waals surface area contributed by atoms with Gasteiger partial charge < -0.3 is 14.9 Å². The van der Waals surface area contributed by atoms with E-state index in [2.05, 4.69) is 15.9 Å². The highest BCUT2D eigenvalue weighted by Gasteiger charge is 2.82. The summed E-state index contributed by atoms with van der Waals surface area (Å²) in [4.78, 5) is 17.7. The van der Waals surface area contributed by atoms with E-state index in [9.17, 15) is 15.0 Å². The van der Waals surface area contributed by atoms with Crippen LogP contribution in [0.2, 0.25) is 0 Å². The van der Waals surface area contributed by atoms with Crippen LogP contribution in [0.4, 0.5) is 0 Å². The summed E-state index contributed by atoms with van der Waals surface area (Å²) in [5, 5.41) is 20.2. The van der Waals surface area contributed by atoms with Crippen molar-refractivity contribution >= 4 is 0 Å². The molecule has 1 aromatic rings. The summed E-state index contributed by atoms with van der Waals surface area (Å²) in [6.07, 6.45) is 7.18. The van der Waals surface area contributed by atoms with E-state index >= 15 is 0 Å². The van der Waals surface area contributed by atoms with Crippen molar-refractivity contribution in [3.8, 4) is 18.4 Å². The first-order valence-electron chi connectivity index (χ1n) is 6.44. The van der Waals surface area contributed by atoms with Crippen LogP contribution < -0.4 is 10.3 Å². The van der Waals surface area contributed by atoms with E-state index in [0.717, 1.165) is 0 Å². The first kappa shape index (κ1) is 13.2. The van der Waals surface area contributed by atoms with Crippen LogP contribution >= 0.6 is 0 Å². The van der Waals surface area contributed by atoms with E-state index in [-0.39, 0.29) is 24.6 Å². The van der Waals surface area contributed by atoms with E-state index in [1.54, 1.807) is 0 Å². The lowest BCUT2D eigenvalue weighted by Crippen LogP contribution is -2.39. The predicted molar refractivity (Wildman–Crippen MR) is 69.9 cm³/mol. The number of fused-ring (bicyclic) bond motifs is 1. The van der Waals surface area contributed by atoms with Crippen molar-refractivity contribution in [3.63, 3.8) is 0 Å². The Morgan fingerprint density at radius 2 is 2.45 bits per heavy atom. The molecular weight excluding hydrogens is 260 g/mol. The second-order valence-electron chi connectivity index (χ2n) is 5.89. The number of nitrogens with one attached hydrogen (secondary N) is 1. The van der Waals surface area contributed by atoms with Crippen molar-refractivity contribution in [2.24, 2.45) is 10.8 Å². The Morgan fingerprint density at radius 3 is 3.00 bits per heavy atom. The number of aliphatic hydroxyl groups is 2. The van der Waals surface area contributed by atoms with Gasteiger partial charge in [0.25, 0.3) is 11.6 Å². The summed E-state index contributed by atoms with van der Waals surface area (Å²) in [6.45, 7) is 1.73. The van der Waals surface area contributed by atoms with E-state index in [0.29, 0.717) is 6.42 Å². The van der Waals surface area contributed by atoms with E-state index in [1.807, 2.05) is 6.92 Å². The van der Waals surface area contributed by atoms with Gasteiger partial charge >= 0.3 is 0 Å². The smallest absolute Gasteiger partial charge is 0.296 e. The van der Waals surface area contributed by atoms with Gasteiger partial charge in [-0.15, -0.1) is 6.42 Å². The molecule has 1 aromatic heterocycles. The van der Waals surface area contributed by atoms with E-state index in [4.69, 9.17) is 11.2 Å². The number of terminal acetylenes is 1. The minimum atomic E-state index is -1.39. The molecule has 0 amide bonds. The highest BCUT2D eigenvalue weighted by molar-refractivity contribution is 5.37. The van der Waals surface area contributed by atoms with Crippen molar-refractivity contribution in [2.75, 3.05) is 6.61 Å². The number of rotatable bonds is 3. The topological polar surface area (TPSA) is 95.4 Å². The molecule has 106 valence electrons. The van der Waals surface area contributed by atoms with Gasteiger partial charge in [0, 0.05) is 29.5 Å². The molecule has 0 unspecified atom stereocenters. The average Bonchev–Trinajstić information content (AvgIpc) is 3.02. The van der Waals surface area contributed by atoms with Crippen LogP contribution in [0.5, 0.6) is 6.01 Å². The Hall–Kier alpha value is -1.84. The number of hydrogen-bond donors (Lipinski definition) is 3. The third-order valence-corrected chi connectivity index (χ3v) is 5.03. The molecule has 6 heteroatoms. The number of aliphatic hydroxyl groups excluding tert-OH is 1. The van der Waals surface area contributed by atoms with Gasteiger partial charge in [0.1, 0.15) is 11.7 Å². The SMILES string of the molecule is C#C[C@]1(O)C[C@H](Oc2nccc(=O)[nH]2)[C@@]2(C)C[C@@]12CO. The fourth-order valence-corrected chi connectivity index (χ4v) is 3.59. The maximum atomic E-state index is 11.2. The second kappa shape index (κ2) is 3.84. The molecule has 20 heavy (non-hydrogen) atoms. The predicted octanol–water partition coefficient (Wildman–Crippen LogP) is -0.326. The highest BCUT2D eigenvalue weighted by atomic mass is 16.5. The summed E-state index contributed by atoms with van der Waals surface area (Å²) in [6, 6.07) is 1.39. The van der Waals surface area contributed by atoms with Gasteiger partial charge in [0.15, 0.2) is 0 Å². The van der Waals surface area contributed by atoms with Crippen LogP contribution in [-0.2, 0) is 0 Å². The number of hydrogen-bond acceptors (Lipinski definition) is 5. The molecule has 0 bridgehead atoms. The van der Waals surface area contributed by atoms with Crippen LogP contribution in [0.15, 0.2) is 17.1 Å². The number of H-pyrrole nitrogens is 1. The van der Waals surface area contributed by atoms with E-state index < -0.39 is 22.5 Å². The lowest BCUT2D eigenvalue weighted by Gasteiger charge is -2.26. The molecule has 2 aliphatic carbocycles. The molecule has 3 N–H and O–H groups in total. The molecule has 0 spiro atoms. The zero-order valence-electron chi connectivity index (χ0n) is 11.1. The molecule has 2 aliphatic rings. The number of ether oxygens (including phenoxy) is 1. The number of nitrogens with zero attached hydrogens (tertiary/aromatic N) is 1. The maximum Gasteiger partial charge on any atom is 0.296 e. The average molecular weight is 276 g/mol. The summed E-state index contributed by atoms with van der Waals surface area (Å²) in [7, 11) is 0. The third kappa shape index (κ3) is 1.42. The van der Waals surface area contributed by atoms with Crippen LogP contribution in [0.1, 0.15) is 19.8 Å². The van der Waals surface area contributed by atoms with Crippen molar-refractivity contribution in [3.05, 3.63) is 22.6 Å². The molecule has 0 aliphatic heterocycles. The second-order valence-corrected chi connectivity index (χ2v) is 5.89. The van der Waals surface area contributed by atoms with Gasteiger partial charge in [-0.2, -0.15) is 0 Å². The lowest BCUT2D eigenvalue weighted by molar-refractivity contribution is -0.00354. The van der Waals surface area contributed by atoms with Gasteiger partial charge in [0.2, 0.25) is 0 Å². The molecule has 3 rings (SSSR count). The monoisotopic (exact) mass is 276 g/mol. The zero-order valence-corrected chi connectivity index (χ0v) is 11.1. The standard InChI is InChI=1S/C14H16N2O4/c1-3-14(19)6-9(12(2)7-13(12,14)8-17)20-11-15-5-4-10(18)16-11/h1,4-5,9,17,19H,6-8H2,2H3,(H,15,16,18)/t9-,12+,13-,14-/m0/s1. The van der Waals surface area contributed by atoms with Crippen LogP contribution in [0.3, 0.4) is 0 Å². The molecule has 2 fully saturated rings. The molecule has 0 aromatic carbocycles. The van der Waals surface area contributed by atoms with Crippen molar-refractivity contribution < 1.29 is 14.9 Å². The molecule has 4 atom stereocenters. The lowest BCUT2D eigenvalue weighted by atomic mass is 9.85. The normalized spacial score (nSPS) is 41.8. The quantitative estimate of drug-likeness (QED) is 0.657. The first-order chi connectivity index (χ1) is 9.41. The molecule has 6 nitrogen and oxygen atoms in total. The molecule has 2 saturated carbocycles. The minimum absolute atomic E-state index is 0.101. The van der Waals surface area contributed by atoms with Gasteiger partial charge in [0.05, 0.1) is 6.61 Å². The fraction of sp³-hybridized carbons (Fsp3) is 0.571. The fourth-order valence-electron chi connectivity index (χ4n) is 3.59. The summed E-state index contributed by atoms with van der Waals surface area (Å²) < 4.78 is 5.70. The van der Waals surface area contributed by atoms with E-state index in [1.165, 1.54) is 12.3 Å². The van der Waals surface area contributed by atoms with Crippen LogP contribution in [-0.4, -0.2) is 38.5 Å². The minimum Gasteiger partial charge on any atom is -0.461 e. The largest absolute Gasteiger partial charge is 0.461 e. The maximum absolute atomic E-state index is 11.2. The zero-order chi connectivity index (χ0) is 14.6. The third-order valence-electron chi connectivity index (χ3n) is 5.03. The number of aromatic amines is 1. The van der Waals surface area contributed by atoms with Crippen molar-refractivity contribution in [2.45, 2.75) is 31.5 Å². The van der Waals surface area contributed by atoms with Gasteiger partial charge in [-0.05, 0) is 6.42 Å². The van der Waals surface area contributed by atoms with Gasteiger partial charge in [-0.1, -0.05) is 12.8 Å². The summed E-state index contributed by atoms with van der Waals surface area (Å²) >= 11 is 0. The summed E-state index contributed by atoms with van der Waals surface area (Å²) in [5.74, 6) is 2.40. The van der Waals surface area contributed by atoms with Gasteiger partial charge in [-0.25, -0.2) is 4.98 Å². The molecule has 0 radical (unpaired) electrons. The molecule has 0 saturated heterocycles. The van der Waals surface area contributed by atoms with Crippen molar-refractivity contribution in [1.82, 2.24) is 9.97 Å². The Kier molecular flexibility index (Phi) is 2.53. The molecular formula is C14H16N2O4.